The van der Waals surface area contributed by atoms with Gasteiger partial charge in [0.25, 0.3) is 0 Å². The highest BCUT2D eigenvalue weighted by molar-refractivity contribution is 5.73. The first-order valence-corrected chi connectivity index (χ1v) is 6.87. The van der Waals surface area contributed by atoms with Crippen LogP contribution in [-0.2, 0) is 4.79 Å². The molecule has 1 aliphatic rings. The largest absolute Gasteiger partial charge is 0.370 e. The number of likely N-dealkylation sites (tertiary alicyclic amines) is 1. The molecule has 1 atom stereocenters. The van der Waals surface area contributed by atoms with E-state index in [-0.39, 0.29) is 5.91 Å². The van der Waals surface area contributed by atoms with Gasteiger partial charge in [0, 0.05) is 19.0 Å². The van der Waals surface area contributed by atoms with E-state index in [0.29, 0.717) is 19.0 Å². The molecule has 1 heterocycles. The number of nitrogens with one attached hydrogen (secondary N) is 1. The summed E-state index contributed by atoms with van der Waals surface area (Å²) in [5.74, 6) is 0.526. The molecule has 100 valence electrons. The number of carbonyl (C=O) groups excluding carboxylic acids is 1. The second-order valence-corrected chi connectivity index (χ2v) is 5.14. The van der Waals surface area contributed by atoms with Gasteiger partial charge in [-0.1, -0.05) is 6.92 Å². The van der Waals surface area contributed by atoms with E-state index in [1.807, 2.05) is 0 Å². The molecule has 1 amide bonds. The van der Waals surface area contributed by atoms with Gasteiger partial charge >= 0.3 is 0 Å². The van der Waals surface area contributed by atoms with Crippen LogP contribution in [0.15, 0.2) is 0 Å². The monoisotopic (exact) mass is 241 g/mol. The fourth-order valence-electron chi connectivity index (χ4n) is 2.58. The zero-order chi connectivity index (χ0) is 12.7. The Bertz CT molecular complexity index is 225. The SMILES string of the molecule is CCCN1CCC(C(C)NCCC(N)=O)CC1. The lowest BCUT2D eigenvalue weighted by molar-refractivity contribution is -0.117. The lowest BCUT2D eigenvalue weighted by atomic mass is 9.90. The van der Waals surface area contributed by atoms with Crippen LogP contribution in [0.5, 0.6) is 0 Å². The molecule has 0 aromatic heterocycles. The van der Waals surface area contributed by atoms with Gasteiger partial charge in [-0.2, -0.15) is 0 Å². The Labute approximate surface area is 105 Å². The summed E-state index contributed by atoms with van der Waals surface area (Å²) in [5.41, 5.74) is 5.12. The number of amides is 1. The van der Waals surface area contributed by atoms with Crippen molar-refractivity contribution in [3.05, 3.63) is 0 Å². The van der Waals surface area contributed by atoms with E-state index in [4.69, 9.17) is 5.73 Å². The highest BCUT2D eigenvalue weighted by Gasteiger charge is 2.22. The van der Waals surface area contributed by atoms with Gasteiger partial charge in [0.2, 0.25) is 5.91 Å². The Morgan fingerprint density at radius 1 is 1.47 bits per heavy atom. The average molecular weight is 241 g/mol. The van der Waals surface area contributed by atoms with Crippen LogP contribution >= 0.6 is 0 Å². The zero-order valence-electron chi connectivity index (χ0n) is 11.2. The molecular formula is C13H27N3O. The molecule has 3 N–H and O–H groups in total. The fourth-order valence-corrected chi connectivity index (χ4v) is 2.58. The molecule has 1 saturated heterocycles. The van der Waals surface area contributed by atoms with Crippen molar-refractivity contribution in [3.63, 3.8) is 0 Å². The van der Waals surface area contributed by atoms with Gasteiger partial charge in [-0.3, -0.25) is 4.79 Å². The highest BCUT2D eigenvalue weighted by atomic mass is 16.1. The molecule has 0 spiro atoms. The molecule has 1 unspecified atom stereocenters. The number of hydrogen-bond donors (Lipinski definition) is 2. The second kappa shape index (κ2) is 7.67. The average Bonchev–Trinajstić information content (AvgIpc) is 2.30. The molecule has 17 heavy (non-hydrogen) atoms. The van der Waals surface area contributed by atoms with E-state index in [0.717, 1.165) is 5.92 Å². The third-order valence-electron chi connectivity index (χ3n) is 3.72. The maximum atomic E-state index is 10.6. The van der Waals surface area contributed by atoms with Gasteiger partial charge < -0.3 is 16.0 Å². The minimum absolute atomic E-state index is 0.220. The summed E-state index contributed by atoms with van der Waals surface area (Å²) in [5, 5.41) is 3.41. The quantitative estimate of drug-likeness (QED) is 0.698. The normalized spacial score (nSPS) is 20.4. The van der Waals surface area contributed by atoms with Crippen LogP contribution in [0.2, 0.25) is 0 Å². The van der Waals surface area contributed by atoms with Crippen LogP contribution in [0.25, 0.3) is 0 Å². The maximum Gasteiger partial charge on any atom is 0.218 e. The summed E-state index contributed by atoms with van der Waals surface area (Å²) < 4.78 is 0. The predicted octanol–water partition coefficient (Wildman–Crippen LogP) is 0.962. The fraction of sp³-hybridized carbons (Fsp3) is 0.923. The van der Waals surface area contributed by atoms with E-state index in [2.05, 4.69) is 24.1 Å². The van der Waals surface area contributed by atoms with Crippen LogP contribution in [-0.4, -0.2) is 43.0 Å². The van der Waals surface area contributed by atoms with E-state index >= 15 is 0 Å². The van der Waals surface area contributed by atoms with Crippen molar-refractivity contribution in [1.29, 1.82) is 0 Å². The summed E-state index contributed by atoms with van der Waals surface area (Å²) in [6.07, 6.45) is 4.23. The molecule has 1 rings (SSSR count). The van der Waals surface area contributed by atoms with Gasteiger partial charge in [-0.05, 0) is 51.7 Å². The van der Waals surface area contributed by atoms with Crippen molar-refractivity contribution in [2.45, 2.75) is 45.6 Å². The smallest absolute Gasteiger partial charge is 0.218 e. The molecular weight excluding hydrogens is 214 g/mol. The van der Waals surface area contributed by atoms with E-state index < -0.39 is 0 Å². The van der Waals surface area contributed by atoms with Crippen molar-refractivity contribution < 1.29 is 4.79 Å². The van der Waals surface area contributed by atoms with E-state index in [1.54, 1.807) is 0 Å². The predicted molar refractivity (Wildman–Crippen MR) is 70.7 cm³/mol. The van der Waals surface area contributed by atoms with Crippen molar-refractivity contribution in [2.75, 3.05) is 26.2 Å². The third-order valence-corrected chi connectivity index (χ3v) is 3.72. The topological polar surface area (TPSA) is 58.4 Å². The molecule has 0 bridgehead atoms. The van der Waals surface area contributed by atoms with Gasteiger partial charge in [-0.25, -0.2) is 0 Å². The molecule has 1 fully saturated rings. The maximum absolute atomic E-state index is 10.6. The van der Waals surface area contributed by atoms with Gasteiger partial charge in [0.05, 0.1) is 0 Å². The molecule has 0 aliphatic carbocycles. The molecule has 0 aromatic rings. The zero-order valence-corrected chi connectivity index (χ0v) is 11.2. The Morgan fingerprint density at radius 2 is 2.12 bits per heavy atom. The summed E-state index contributed by atoms with van der Waals surface area (Å²) in [7, 11) is 0. The first kappa shape index (κ1) is 14.5. The number of carbonyl (C=O) groups is 1. The first-order chi connectivity index (χ1) is 8.13. The molecule has 4 heteroatoms. The van der Waals surface area contributed by atoms with E-state index in [1.165, 1.54) is 38.9 Å². The number of hydrogen-bond acceptors (Lipinski definition) is 3. The lowest BCUT2D eigenvalue weighted by Crippen LogP contribution is -2.42. The van der Waals surface area contributed by atoms with Gasteiger partial charge in [0.1, 0.15) is 0 Å². The summed E-state index contributed by atoms with van der Waals surface area (Å²) in [6, 6.07) is 0.498. The van der Waals surface area contributed by atoms with E-state index in [9.17, 15) is 4.79 Å². The number of rotatable bonds is 7. The molecule has 1 aliphatic heterocycles. The Kier molecular flexibility index (Phi) is 6.52. The van der Waals surface area contributed by atoms with Crippen LogP contribution in [0, 0.1) is 5.92 Å². The van der Waals surface area contributed by atoms with Crippen LogP contribution in [0.4, 0.5) is 0 Å². The van der Waals surface area contributed by atoms with Crippen molar-refractivity contribution in [3.8, 4) is 0 Å². The van der Waals surface area contributed by atoms with Crippen molar-refractivity contribution in [2.24, 2.45) is 11.7 Å². The Morgan fingerprint density at radius 3 is 2.65 bits per heavy atom. The second-order valence-electron chi connectivity index (χ2n) is 5.14. The third kappa shape index (κ3) is 5.50. The van der Waals surface area contributed by atoms with Crippen LogP contribution < -0.4 is 11.1 Å². The van der Waals surface area contributed by atoms with Gasteiger partial charge in [0.15, 0.2) is 0 Å². The summed E-state index contributed by atoms with van der Waals surface area (Å²) in [4.78, 5) is 13.2. The summed E-state index contributed by atoms with van der Waals surface area (Å²) >= 11 is 0. The van der Waals surface area contributed by atoms with Gasteiger partial charge in [-0.15, -0.1) is 0 Å². The van der Waals surface area contributed by atoms with Crippen LogP contribution in [0.3, 0.4) is 0 Å². The molecule has 0 aromatic carbocycles. The number of primary amides is 1. The van der Waals surface area contributed by atoms with Crippen LogP contribution in [0.1, 0.15) is 39.5 Å². The molecule has 0 saturated carbocycles. The van der Waals surface area contributed by atoms with Crippen molar-refractivity contribution in [1.82, 2.24) is 10.2 Å². The molecule has 4 nitrogen and oxygen atoms in total. The number of piperidine rings is 1. The Balaban J connectivity index is 2.16. The minimum Gasteiger partial charge on any atom is -0.370 e. The number of nitrogens with two attached hydrogens (primary N) is 1. The Hall–Kier alpha value is -0.610. The summed E-state index contributed by atoms with van der Waals surface area (Å²) in [6.45, 7) is 8.85. The number of nitrogens with zero attached hydrogens (tertiary/aromatic N) is 1. The lowest BCUT2D eigenvalue weighted by Gasteiger charge is -2.35. The minimum atomic E-state index is -0.220. The van der Waals surface area contributed by atoms with Crippen molar-refractivity contribution >= 4 is 5.91 Å². The standard InChI is InChI=1S/C13H27N3O/c1-3-8-16-9-5-12(6-10-16)11(2)15-7-4-13(14)17/h11-12,15H,3-10H2,1-2H3,(H2,14,17). The molecule has 0 radical (unpaired) electrons. The first-order valence-electron chi connectivity index (χ1n) is 6.87. The highest BCUT2D eigenvalue weighted by Crippen LogP contribution is 2.20.